The standard InChI is InChI=1S/C11H18N2/c1-9(8-12)13-10-4-7-11(10)5-2-3-6-11/h9-10,13H,2-7H2,1H3. The molecule has 2 atom stereocenters. The van der Waals surface area contributed by atoms with Crippen LogP contribution in [0.4, 0.5) is 0 Å². The first-order valence-electron chi connectivity index (χ1n) is 5.42. The zero-order valence-corrected chi connectivity index (χ0v) is 8.34. The van der Waals surface area contributed by atoms with Gasteiger partial charge in [0.15, 0.2) is 0 Å². The summed E-state index contributed by atoms with van der Waals surface area (Å²) in [4.78, 5) is 0. The topological polar surface area (TPSA) is 35.8 Å². The van der Waals surface area contributed by atoms with Gasteiger partial charge in [-0.15, -0.1) is 0 Å². The first-order chi connectivity index (χ1) is 6.27. The second kappa shape index (κ2) is 3.31. The Kier molecular flexibility index (Phi) is 2.29. The van der Waals surface area contributed by atoms with Crippen LogP contribution in [0.3, 0.4) is 0 Å². The van der Waals surface area contributed by atoms with E-state index in [1.54, 1.807) is 0 Å². The second-order valence-electron chi connectivity index (χ2n) is 4.68. The average Bonchev–Trinajstić information content (AvgIpc) is 2.62. The minimum absolute atomic E-state index is 0.0303. The van der Waals surface area contributed by atoms with E-state index in [2.05, 4.69) is 11.4 Å². The summed E-state index contributed by atoms with van der Waals surface area (Å²) in [6.45, 7) is 1.96. The Hall–Kier alpha value is -0.550. The minimum Gasteiger partial charge on any atom is -0.299 e. The Morgan fingerprint density at radius 3 is 2.54 bits per heavy atom. The summed E-state index contributed by atoms with van der Waals surface area (Å²) in [6, 6.07) is 2.93. The van der Waals surface area contributed by atoms with Crippen LogP contribution in [-0.4, -0.2) is 12.1 Å². The van der Waals surface area contributed by atoms with Crippen molar-refractivity contribution in [3.8, 4) is 6.07 Å². The molecule has 2 unspecified atom stereocenters. The molecule has 2 rings (SSSR count). The third-order valence-electron chi connectivity index (χ3n) is 3.91. The van der Waals surface area contributed by atoms with Crippen molar-refractivity contribution in [1.29, 1.82) is 5.26 Å². The molecule has 2 saturated carbocycles. The SMILES string of the molecule is CC(C#N)NC1CCC12CCCC2. The first kappa shape index (κ1) is 9.02. The predicted octanol–water partition coefficient (Wildman–Crippen LogP) is 2.21. The fourth-order valence-corrected chi connectivity index (χ4v) is 2.97. The molecule has 2 heteroatoms. The smallest absolute Gasteiger partial charge is 0.0926 e. The van der Waals surface area contributed by atoms with Gasteiger partial charge in [-0.25, -0.2) is 0 Å². The van der Waals surface area contributed by atoms with Crippen LogP contribution in [0.1, 0.15) is 45.4 Å². The number of nitrogens with one attached hydrogen (secondary N) is 1. The highest BCUT2D eigenvalue weighted by Crippen LogP contribution is 2.53. The highest BCUT2D eigenvalue weighted by atomic mass is 15.0. The Bertz CT molecular complexity index is 223. The fraction of sp³-hybridized carbons (Fsp3) is 0.909. The maximum Gasteiger partial charge on any atom is 0.0926 e. The van der Waals surface area contributed by atoms with Gasteiger partial charge in [0.05, 0.1) is 12.1 Å². The Morgan fingerprint density at radius 2 is 2.08 bits per heavy atom. The summed E-state index contributed by atoms with van der Waals surface area (Å²) in [7, 11) is 0. The molecular weight excluding hydrogens is 160 g/mol. The molecule has 0 amide bonds. The maximum absolute atomic E-state index is 8.72. The van der Waals surface area contributed by atoms with Crippen molar-refractivity contribution < 1.29 is 0 Å². The van der Waals surface area contributed by atoms with Crippen molar-refractivity contribution >= 4 is 0 Å². The van der Waals surface area contributed by atoms with Gasteiger partial charge in [-0.1, -0.05) is 12.8 Å². The quantitative estimate of drug-likeness (QED) is 0.703. The summed E-state index contributed by atoms with van der Waals surface area (Å²) >= 11 is 0. The summed E-state index contributed by atoms with van der Waals surface area (Å²) < 4.78 is 0. The minimum atomic E-state index is 0.0303. The molecule has 0 aromatic heterocycles. The van der Waals surface area contributed by atoms with Gasteiger partial charge >= 0.3 is 0 Å². The zero-order chi connectivity index (χ0) is 9.31. The van der Waals surface area contributed by atoms with Gasteiger partial charge in [-0.3, -0.25) is 5.32 Å². The predicted molar refractivity (Wildman–Crippen MR) is 52.1 cm³/mol. The lowest BCUT2D eigenvalue weighted by Gasteiger charge is -2.48. The molecular formula is C11H18N2. The molecule has 0 bridgehead atoms. The van der Waals surface area contributed by atoms with Crippen LogP contribution in [0, 0.1) is 16.7 Å². The fourth-order valence-electron chi connectivity index (χ4n) is 2.97. The highest BCUT2D eigenvalue weighted by molar-refractivity contribution is 5.05. The molecule has 2 aliphatic rings. The molecule has 2 fully saturated rings. The molecule has 2 aliphatic carbocycles. The molecule has 72 valence electrons. The molecule has 0 saturated heterocycles. The molecule has 13 heavy (non-hydrogen) atoms. The number of rotatable bonds is 2. The summed E-state index contributed by atoms with van der Waals surface area (Å²) in [5.41, 5.74) is 0.602. The van der Waals surface area contributed by atoms with E-state index in [0.29, 0.717) is 11.5 Å². The van der Waals surface area contributed by atoms with Gasteiger partial charge in [0.1, 0.15) is 0 Å². The van der Waals surface area contributed by atoms with Gasteiger partial charge in [-0.05, 0) is 38.0 Å². The van der Waals surface area contributed by atoms with Gasteiger partial charge in [0.2, 0.25) is 0 Å². The molecule has 0 aromatic carbocycles. The van der Waals surface area contributed by atoms with E-state index >= 15 is 0 Å². The van der Waals surface area contributed by atoms with Gasteiger partial charge in [0.25, 0.3) is 0 Å². The molecule has 2 nitrogen and oxygen atoms in total. The van der Waals surface area contributed by atoms with E-state index < -0.39 is 0 Å². The van der Waals surface area contributed by atoms with Crippen LogP contribution >= 0.6 is 0 Å². The van der Waals surface area contributed by atoms with Crippen LogP contribution < -0.4 is 5.32 Å². The lowest BCUT2D eigenvalue weighted by atomic mass is 9.63. The number of nitriles is 1. The van der Waals surface area contributed by atoms with Crippen LogP contribution in [0.25, 0.3) is 0 Å². The molecule has 0 heterocycles. The van der Waals surface area contributed by atoms with E-state index in [-0.39, 0.29) is 6.04 Å². The Balaban J connectivity index is 1.91. The summed E-state index contributed by atoms with van der Waals surface area (Å²) in [5.74, 6) is 0. The Labute approximate surface area is 80.3 Å². The van der Waals surface area contributed by atoms with Crippen molar-refractivity contribution in [1.82, 2.24) is 5.32 Å². The summed E-state index contributed by atoms with van der Waals surface area (Å²) in [5, 5.41) is 12.2. The lowest BCUT2D eigenvalue weighted by Crippen LogP contribution is -2.54. The lowest BCUT2D eigenvalue weighted by molar-refractivity contribution is 0.0697. The van der Waals surface area contributed by atoms with Crippen LogP contribution in [0.5, 0.6) is 0 Å². The molecule has 1 spiro atoms. The number of hydrogen-bond acceptors (Lipinski definition) is 2. The van der Waals surface area contributed by atoms with Gasteiger partial charge < -0.3 is 0 Å². The molecule has 1 N–H and O–H groups in total. The van der Waals surface area contributed by atoms with E-state index in [1.807, 2.05) is 6.92 Å². The van der Waals surface area contributed by atoms with Crippen LogP contribution in [-0.2, 0) is 0 Å². The number of hydrogen-bond donors (Lipinski definition) is 1. The van der Waals surface area contributed by atoms with Crippen molar-refractivity contribution in [2.75, 3.05) is 0 Å². The van der Waals surface area contributed by atoms with E-state index in [9.17, 15) is 0 Å². The van der Waals surface area contributed by atoms with Gasteiger partial charge in [-0.2, -0.15) is 5.26 Å². The van der Waals surface area contributed by atoms with Crippen molar-refractivity contribution in [2.24, 2.45) is 5.41 Å². The van der Waals surface area contributed by atoms with Crippen LogP contribution in [0.15, 0.2) is 0 Å². The second-order valence-corrected chi connectivity index (χ2v) is 4.68. The molecule has 0 aliphatic heterocycles. The number of nitrogens with zero attached hydrogens (tertiary/aromatic N) is 1. The average molecular weight is 178 g/mol. The summed E-state index contributed by atoms with van der Waals surface area (Å²) in [6.07, 6.45) is 8.26. The van der Waals surface area contributed by atoms with E-state index in [4.69, 9.17) is 5.26 Å². The largest absolute Gasteiger partial charge is 0.299 e. The Morgan fingerprint density at radius 1 is 1.38 bits per heavy atom. The van der Waals surface area contributed by atoms with Gasteiger partial charge in [0, 0.05) is 6.04 Å². The highest BCUT2D eigenvalue weighted by Gasteiger charge is 2.48. The first-order valence-corrected chi connectivity index (χ1v) is 5.42. The zero-order valence-electron chi connectivity index (χ0n) is 8.34. The monoisotopic (exact) mass is 178 g/mol. The van der Waals surface area contributed by atoms with E-state index in [0.717, 1.165) is 0 Å². The molecule has 0 radical (unpaired) electrons. The van der Waals surface area contributed by atoms with E-state index in [1.165, 1.54) is 38.5 Å². The van der Waals surface area contributed by atoms with Crippen molar-refractivity contribution in [3.63, 3.8) is 0 Å². The normalized spacial score (nSPS) is 32.5. The molecule has 0 aromatic rings. The van der Waals surface area contributed by atoms with Crippen molar-refractivity contribution in [2.45, 2.75) is 57.5 Å². The maximum atomic E-state index is 8.72. The third kappa shape index (κ3) is 1.46. The third-order valence-corrected chi connectivity index (χ3v) is 3.91. The van der Waals surface area contributed by atoms with Crippen LogP contribution in [0.2, 0.25) is 0 Å². The van der Waals surface area contributed by atoms with Crippen molar-refractivity contribution in [3.05, 3.63) is 0 Å².